The van der Waals surface area contributed by atoms with Crippen LogP contribution in [0.25, 0.3) is 12.2 Å². The lowest BCUT2D eigenvalue weighted by molar-refractivity contribution is -0.385. The Bertz CT molecular complexity index is 738. The van der Waals surface area contributed by atoms with Crippen molar-refractivity contribution in [2.75, 3.05) is 0 Å². The van der Waals surface area contributed by atoms with Crippen molar-refractivity contribution in [3.05, 3.63) is 79.4 Å². The van der Waals surface area contributed by atoms with Crippen molar-refractivity contribution in [1.82, 2.24) is 0 Å². The van der Waals surface area contributed by atoms with Gasteiger partial charge >= 0.3 is 0 Å². The monoisotopic (exact) mass is 284 g/mol. The van der Waals surface area contributed by atoms with Crippen molar-refractivity contribution < 1.29 is 9.85 Å². The summed E-state index contributed by atoms with van der Waals surface area (Å²) in [5, 5.41) is 21.9. The summed E-state index contributed by atoms with van der Waals surface area (Å²) < 4.78 is 0. The number of nitro benzene ring substituents is 2. The molecule has 0 unspecified atom stereocenters. The van der Waals surface area contributed by atoms with Crippen molar-refractivity contribution in [3.63, 3.8) is 0 Å². The van der Waals surface area contributed by atoms with Crippen molar-refractivity contribution in [2.45, 2.75) is 6.92 Å². The molecule has 0 radical (unpaired) electrons. The summed E-state index contributed by atoms with van der Waals surface area (Å²) in [5.41, 5.74) is 1.53. The van der Waals surface area contributed by atoms with Crippen molar-refractivity contribution in [3.8, 4) is 0 Å². The average Bonchev–Trinajstić information content (AvgIpc) is 2.46. The van der Waals surface area contributed by atoms with E-state index in [9.17, 15) is 20.2 Å². The number of hydrogen-bond acceptors (Lipinski definition) is 4. The Morgan fingerprint density at radius 3 is 2.05 bits per heavy atom. The summed E-state index contributed by atoms with van der Waals surface area (Å²) in [6.07, 6.45) is 3.02. The zero-order chi connectivity index (χ0) is 15.4. The number of nitro groups is 2. The van der Waals surface area contributed by atoms with E-state index >= 15 is 0 Å². The van der Waals surface area contributed by atoms with Gasteiger partial charge in [0, 0.05) is 12.1 Å². The minimum Gasteiger partial charge on any atom is -0.258 e. The van der Waals surface area contributed by atoms with Gasteiger partial charge < -0.3 is 0 Å². The summed E-state index contributed by atoms with van der Waals surface area (Å²) in [7, 11) is 0. The molecule has 0 fully saturated rings. The van der Waals surface area contributed by atoms with Crippen molar-refractivity contribution in [1.29, 1.82) is 0 Å². The van der Waals surface area contributed by atoms with Gasteiger partial charge in [-0.2, -0.15) is 0 Å². The van der Waals surface area contributed by atoms with Crippen LogP contribution < -0.4 is 0 Å². The minimum atomic E-state index is -0.483. The molecule has 0 amide bonds. The van der Waals surface area contributed by atoms with E-state index < -0.39 is 9.85 Å². The molecule has 6 heteroatoms. The molecular weight excluding hydrogens is 272 g/mol. The predicted molar refractivity (Wildman–Crippen MR) is 79.9 cm³/mol. The van der Waals surface area contributed by atoms with Gasteiger partial charge in [-0.25, -0.2) is 0 Å². The summed E-state index contributed by atoms with van der Waals surface area (Å²) in [5.74, 6) is 0. The van der Waals surface area contributed by atoms with Crippen LogP contribution in [0.5, 0.6) is 0 Å². The standard InChI is InChI=1S/C15H12N2O4/c1-11-6-7-13(15(10-11)17(20)21)9-8-12-4-2-3-5-14(12)16(18)19/h2-10H,1H3/b9-8+. The van der Waals surface area contributed by atoms with Gasteiger partial charge in [0.15, 0.2) is 0 Å². The average molecular weight is 284 g/mol. The van der Waals surface area contributed by atoms with E-state index in [-0.39, 0.29) is 11.4 Å². The molecule has 0 aliphatic heterocycles. The van der Waals surface area contributed by atoms with E-state index in [1.54, 1.807) is 37.3 Å². The fourth-order valence-electron chi connectivity index (χ4n) is 1.93. The highest BCUT2D eigenvalue weighted by Crippen LogP contribution is 2.24. The van der Waals surface area contributed by atoms with Crippen molar-refractivity contribution in [2.24, 2.45) is 0 Å². The summed E-state index contributed by atoms with van der Waals surface area (Å²) in [6.45, 7) is 1.77. The van der Waals surface area contributed by atoms with Crippen LogP contribution in [0.15, 0.2) is 42.5 Å². The third-order valence-corrected chi connectivity index (χ3v) is 2.96. The van der Waals surface area contributed by atoms with Crippen LogP contribution in [-0.4, -0.2) is 9.85 Å². The molecule has 0 spiro atoms. The van der Waals surface area contributed by atoms with Crippen LogP contribution >= 0.6 is 0 Å². The highest BCUT2D eigenvalue weighted by atomic mass is 16.6. The number of nitrogens with zero attached hydrogens (tertiary/aromatic N) is 2. The maximum Gasteiger partial charge on any atom is 0.276 e. The molecule has 0 heterocycles. The quantitative estimate of drug-likeness (QED) is 0.482. The minimum absolute atomic E-state index is 0.0233. The summed E-state index contributed by atoms with van der Waals surface area (Å²) in [4.78, 5) is 21.0. The van der Waals surface area contributed by atoms with E-state index in [1.807, 2.05) is 0 Å². The maximum absolute atomic E-state index is 11.0. The van der Waals surface area contributed by atoms with Crippen LogP contribution in [0, 0.1) is 27.2 Å². The zero-order valence-electron chi connectivity index (χ0n) is 11.2. The van der Waals surface area contributed by atoms with E-state index in [0.717, 1.165) is 5.56 Å². The first kappa shape index (κ1) is 14.4. The number of aryl methyl sites for hydroxylation is 1. The van der Waals surface area contributed by atoms with E-state index in [4.69, 9.17) is 0 Å². The van der Waals surface area contributed by atoms with E-state index in [0.29, 0.717) is 11.1 Å². The molecule has 0 aliphatic rings. The van der Waals surface area contributed by atoms with Gasteiger partial charge in [0.25, 0.3) is 11.4 Å². The Morgan fingerprint density at radius 1 is 0.857 bits per heavy atom. The van der Waals surface area contributed by atoms with Gasteiger partial charge in [0.2, 0.25) is 0 Å². The molecule has 2 rings (SSSR count). The third kappa shape index (κ3) is 3.30. The van der Waals surface area contributed by atoms with Crippen LogP contribution in [-0.2, 0) is 0 Å². The lowest BCUT2D eigenvalue weighted by atomic mass is 10.1. The Labute approximate surface area is 120 Å². The van der Waals surface area contributed by atoms with Gasteiger partial charge in [0.1, 0.15) is 0 Å². The fourth-order valence-corrected chi connectivity index (χ4v) is 1.93. The molecule has 0 aromatic heterocycles. The number of hydrogen-bond donors (Lipinski definition) is 0. The van der Waals surface area contributed by atoms with Crippen LogP contribution in [0.1, 0.15) is 16.7 Å². The smallest absolute Gasteiger partial charge is 0.258 e. The second-order valence-corrected chi connectivity index (χ2v) is 4.47. The SMILES string of the molecule is Cc1ccc(/C=C/c2ccccc2[N+](=O)[O-])c([N+](=O)[O-])c1. The summed E-state index contributed by atoms with van der Waals surface area (Å²) >= 11 is 0. The first-order valence-corrected chi connectivity index (χ1v) is 6.15. The molecule has 0 saturated heterocycles. The molecule has 0 aliphatic carbocycles. The molecule has 21 heavy (non-hydrogen) atoms. The van der Waals surface area contributed by atoms with Gasteiger partial charge in [0.05, 0.1) is 21.0 Å². The van der Waals surface area contributed by atoms with E-state index in [2.05, 4.69) is 0 Å². The normalized spacial score (nSPS) is 10.7. The highest BCUT2D eigenvalue weighted by molar-refractivity contribution is 5.77. The molecule has 0 N–H and O–H groups in total. The Balaban J connectivity index is 2.43. The van der Waals surface area contributed by atoms with Crippen LogP contribution in [0.3, 0.4) is 0 Å². The Hall–Kier alpha value is -3.02. The second kappa shape index (κ2) is 5.96. The predicted octanol–water partition coefficient (Wildman–Crippen LogP) is 3.98. The number of benzene rings is 2. The molecule has 106 valence electrons. The second-order valence-electron chi connectivity index (χ2n) is 4.47. The number of rotatable bonds is 4. The van der Waals surface area contributed by atoms with Crippen LogP contribution in [0.4, 0.5) is 11.4 Å². The van der Waals surface area contributed by atoms with Gasteiger partial charge in [-0.15, -0.1) is 0 Å². The van der Waals surface area contributed by atoms with E-state index in [1.165, 1.54) is 24.3 Å². The van der Waals surface area contributed by atoms with Gasteiger partial charge in [-0.05, 0) is 36.8 Å². The Morgan fingerprint density at radius 2 is 1.43 bits per heavy atom. The van der Waals surface area contributed by atoms with Gasteiger partial charge in [-0.3, -0.25) is 20.2 Å². The van der Waals surface area contributed by atoms with Crippen LogP contribution in [0.2, 0.25) is 0 Å². The third-order valence-electron chi connectivity index (χ3n) is 2.96. The molecule has 2 aromatic rings. The van der Waals surface area contributed by atoms with Gasteiger partial charge in [-0.1, -0.05) is 18.2 Å². The maximum atomic E-state index is 11.0. The number of para-hydroxylation sites is 1. The molecule has 0 atom stereocenters. The molecule has 2 aromatic carbocycles. The first-order chi connectivity index (χ1) is 9.99. The fraction of sp³-hybridized carbons (Fsp3) is 0.0667. The molecule has 6 nitrogen and oxygen atoms in total. The zero-order valence-corrected chi connectivity index (χ0v) is 11.2. The lowest BCUT2D eigenvalue weighted by Gasteiger charge is -2.00. The summed E-state index contributed by atoms with van der Waals surface area (Å²) in [6, 6.07) is 11.1. The van der Waals surface area contributed by atoms with Crippen molar-refractivity contribution >= 4 is 23.5 Å². The topological polar surface area (TPSA) is 86.3 Å². The molecule has 0 bridgehead atoms. The largest absolute Gasteiger partial charge is 0.276 e. The Kier molecular flexibility index (Phi) is 4.08. The first-order valence-electron chi connectivity index (χ1n) is 6.15. The molecular formula is C15H12N2O4. The highest BCUT2D eigenvalue weighted by Gasteiger charge is 2.13. The molecule has 0 saturated carbocycles. The lowest BCUT2D eigenvalue weighted by Crippen LogP contribution is -1.93.